The van der Waals surface area contributed by atoms with E-state index in [0.29, 0.717) is 17.6 Å². The molecular formula is C9H8ClN3O2. The molecule has 0 aromatic carbocycles. The molecule has 5 nitrogen and oxygen atoms in total. The van der Waals surface area contributed by atoms with Crippen LogP contribution < -0.4 is 0 Å². The largest absolute Gasteiger partial charge is 0.461 e. The number of esters is 1. The van der Waals surface area contributed by atoms with Crippen LogP contribution in [0.25, 0.3) is 11.0 Å². The van der Waals surface area contributed by atoms with Crippen LogP contribution in [0.5, 0.6) is 0 Å². The lowest BCUT2D eigenvalue weighted by molar-refractivity contribution is 0.0521. The molecule has 2 aromatic rings. The first kappa shape index (κ1) is 9.92. The van der Waals surface area contributed by atoms with Crippen LogP contribution >= 0.6 is 11.6 Å². The van der Waals surface area contributed by atoms with E-state index in [-0.39, 0.29) is 11.0 Å². The molecule has 0 saturated carbocycles. The van der Waals surface area contributed by atoms with E-state index in [1.54, 1.807) is 19.2 Å². The van der Waals surface area contributed by atoms with Gasteiger partial charge in [-0.3, -0.25) is 0 Å². The van der Waals surface area contributed by atoms with Gasteiger partial charge in [0.25, 0.3) is 0 Å². The number of hydrogen-bond acceptors (Lipinski definition) is 4. The SMILES string of the molecule is CCOC(=O)c1nc(Cl)nc2cc[nH]c12. The van der Waals surface area contributed by atoms with Crippen molar-refractivity contribution in [3.8, 4) is 0 Å². The average molecular weight is 226 g/mol. The standard InChI is InChI=1S/C9H8ClN3O2/c1-2-15-8(14)7-6-5(3-4-11-6)12-9(10)13-7/h3-4,11H,2H2,1H3. The highest BCUT2D eigenvalue weighted by Gasteiger charge is 2.15. The van der Waals surface area contributed by atoms with Crippen molar-refractivity contribution >= 4 is 28.6 Å². The van der Waals surface area contributed by atoms with E-state index >= 15 is 0 Å². The Bertz CT molecular complexity index is 509. The number of fused-ring (bicyclic) bond motifs is 1. The van der Waals surface area contributed by atoms with Gasteiger partial charge in [-0.1, -0.05) is 0 Å². The van der Waals surface area contributed by atoms with Gasteiger partial charge in [0.2, 0.25) is 5.28 Å². The molecule has 0 spiro atoms. The van der Waals surface area contributed by atoms with Crippen LogP contribution in [0, 0.1) is 0 Å². The predicted octanol–water partition coefficient (Wildman–Crippen LogP) is 1.79. The zero-order chi connectivity index (χ0) is 10.8. The summed E-state index contributed by atoms with van der Waals surface area (Å²) < 4.78 is 4.85. The van der Waals surface area contributed by atoms with E-state index in [2.05, 4.69) is 15.0 Å². The highest BCUT2D eigenvalue weighted by atomic mass is 35.5. The van der Waals surface area contributed by atoms with Crippen LogP contribution in [0.4, 0.5) is 0 Å². The highest BCUT2D eigenvalue weighted by Crippen LogP contribution is 2.16. The van der Waals surface area contributed by atoms with E-state index in [0.717, 1.165) is 0 Å². The molecule has 2 rings (SSSR count). The molecule has 2 heterocycles. The number of rotatable bonds is 2. The zero-order valence-corrected chi connectivity index (χ0v) is 8.71. The molecule has 0 saturated heterocycles. The van der Waals surface area contributed by atoms with Gasteiger partial charge < -0.3 is 9.72 Å². The van der Waals surface area contributed by atoms with Crippen molar-refractivity contribution < 1.29 is 9.53 Å². The van der Waals surface area contributed by atoms with Gasteiger partial charge in [0.15, 0.2) is 5.69 Å². The van der Waals surface area contributed by atoms with Gasteiger partial charge in [-0.15, -0.1) is 0 Å². The number of ether oxygens (including phenoxy) is 1. The number of carbonyl (C=O) groups excluding carboxylic acids is 1. The summed E-state index contributed by atoms with van der Waals surface area (Å²) in [7, 11) is 0. The molecule has 1 N–H and O–H groups in total. The molecule has 0 unspecified atom stereocenters. The maximum atomic E-state index is 11.5. The Hall–Kier alpha value is -1.62. The van der Waals surface area contributed by atoms with E-state index < -0.39 is 5.97 Å². The molecule has 0 aliphatic rings. The number of aromatic amines is 1. The number of hydrogen-bond donors (Lipinski definition) is 1. The molecule has 2 aromatic heterocycles. The molecule has 0 atom stereocenters. The molecule has 0 aliphatic carbocycles. The maximum Gasteiger partial charge on any atom is 0.359 e. The van der Waals surface area contributed by atoms with Crippen molar-refractivity contribution in [3.63, 3.8) is 0 Å². The number of carbonyl (C=O) groups is 1. The summed E-state index contributed by atoms with van der Waals surface area (Å²) in [5.41, 5.74) is 1.30. The number of nitrogens with one attached hydrogen (secondary N) is 1. The van der Waals surface area contributed by atoms with Crippen LogP contribution in [-0.2, 0) is 4.74 Å². The fourth-order valence-corrected chi connectivity index (χ4v) is 1.44. The van der Waals surface area contributed by atoms with Crippen molar-refractivity contribution in [1.82, 2.24) is 15.0 Å². The van der Waals surface area contributed by atoms with Gasteiger partial charge in [0.1, 0.15) is 0 Å². The summed E-state index contributed by atoms with van der Waals surface area (Å²) >= 11 is 5.68. The van der Waals surface area contributed by atoms with Crippen LogP contribution in [-0.4, -0.2) is 27.5 Å². The average Bonchev–Trinajstić information content (AvgIpc) is 2.64. The first-order chi connectivity index (χ1) is 7.22. The van der Waals surface area contributed by atoms with Gasteiger partial charge in [-0.2, -0.15) is 0 Å². The lowest BCUT2D eigenvalue weighted by Gasteiger charge is -2.02. The van der Waals surface area contributed by atoms with Gasteiger partial charge in [0.05, 0.1) is 17.6 Å². The minimum absolute atomic E-state index is 0.0325. The zero-order valence-electron chi connectivity index (χ0n) is 7.95. The summed E-state index contributed by atoms with van der Waals surface area (Å²) in [6, 6.07) is 1.71. The predicted molar refractivity (Wildman–Crippen MR) is 54.9 cm³/mol. The second kappa shape index (κ2) is 3.86. The molecule has 0 radical (unpaired) electrons. The van der Waals surface area contributed by atoms with Crippen LogP contribution in [0.2, 0.25) is 5.28 Å². The minimum atomic E-state index is -0.505. The van der Waals surface area contributed by atoms with Crippen molar-refractivity contribution in [3.05, 3.63) is 23.2 Å². The van der Waals surface area contributed by atoms with Gasteiger partial charge in [-0.25, -0.2) is 14.8 Å². The molecule has 0 aliphatic heterocycles. The summed E-state index contributed by atoms with van der Waals surface area (Å²) in [6.07, 6.45) is 1.67. The van der Waals surface area contributed by atoms with E-state index in [4.69, 9.17) is 16.3 Å². The third kappa shape index (κ3) is 1.78. The highest BCUT2D eigenvalue weighted by molar-refractivity contribution is 6.28. The number of halogens is 1. The summed E-state index contributed by atoms with van der Waals surface area (Å²) in [5, 5.41) is 0.0325. The van der Waals surface area contributed by atoms with Crippen molar-refractivity contribution in [2.45, 2.75) is 6.92 Å². The fourth-order valence-electron chi connectivity index (χ4n) is 1.26. The third-order valence-corrected chi connectivity index (χ3v) is 2.02. The lowest BCUT2D eigenvalue weighted by atomic mass is 10.3. The Labute approximate surface area is 90.4 Å². The molecule has 0 amide bonds. The quantitative estimate of drug-likeness (QED) is 0.625. The van der Waals surface area contributed by atoms with Gasteiger partial charge in [0, 0.05) is 6.20 Å². The summed E-state index contributed by atoms with van der Waals surface area (Å²) in [5.74, 6) is -0.505. The fraction of sp³-hybridized carbons (Fsp3) is 0.222. The lowest BCUT2D eigenvalue weighted by Crippen LogP contribution is -2.08. The van der Waals surface area contributed by atoms with Crippen molar-refractivity contribution in [2.75, 3.05) is 6.61 Å². The first-order valence-corrected chi connectivity index (χ1v) is 4.78. The normalized spacial score (nSPS) is 10.5. The molecule has 6 heteroatoms. The summed E-state index contributed by atoms with van der Waals surface area (Å²) in [6.45, 7) is 2.02. The topological polar surface area (TPSA) is 67.9 Å². The first-order valence-electron chi connectivity index (χ1n) is 4.40. The molecular weight excluding hydrogens is 218 g/mol. The molecule has 0 bridgehead atoms. The monoisotopic (exact) mass is 225 g/mol. The van der Waals surface area contributed by atoms with Gasteiger partial charge in [-0.05, 0) is 24.6 Å². The number of H-pyrrole nitrogens is 1. The Morgan fingerprint density at radius 3 is 3.13 bits per heavy atom. The van der Waals surface area contributed by atoms with E-state index in [9.17, 15) is 4.79 Å². The van der Waals surface area contributed by atoms with Crippen LogP contribution in [0.3, 0.4) is 0 Å². The van der Waals surface area contributed by atoms with Crippen molar-refractivity contribution in [1.29, 1.82) is 0 Å². The number of nitrogens with zero attached hydrogens (tertiary/aromatic N) is 2. The Balaban J connectivity index is 2.57. The number of aromatic nitrogens is 3. The van der Waals surface area contributed by atoms with E-state index in [1.165, 1.54) is 0 Å². The Morgan fingerprint density at radius 2 is 2.40 bits per heavy atom. The molecule has 15 heavy (non-hydrogen) atoms. The minimum Gasteiger partial charge on any atom is -0.461 e. The Kier molecular flexibility index (Phi) is 2.55. The molecule has 78 valence electrons. The van der Waals surface area contributed by atoms with Crippen LogP contribution in [0.15, 0.2) is 12.3 Å². The van der Waals surface area contributed by atoms with Crippen molar-refractivity contribution in [2.24, 2.45) is 0 Å². The molecule has 0 fully saturated rings. The second-order valence-corrected chi connectivity index (χ2v) is 3.14. The van der Waals surface area contributed by atoms with Gasteiger partial charge >= 0.3 is 5.97 Å². The third-order valence-electron chi connectivity index (χ3n) is 1.85. The van der Waals surface area contributed by atoms with E-state index in [1.807, 2.05) is 0 Å². The summed E-state index contributed by atoms with van der Waals surface area (Å²) in [4.78, 5) is 22.2. The smallest absolute Gasteiger partial charge is 0.359 e. The Morgan fingerprint density at radius 1 is 1.60 bits per heavy atom. The van der Waals surface area contributed by atoms with Crippen LogP contribution in [0.1, 0.15) is 17.4 Å². The second-order valence-electron chi connectivity index (χ2n) is 2.80. The maximum absolute atomic E-state index is 11.5.